The number of hydrogen-bond acceptors (Lipinski definition) is 3. The molecule has 0 bridgehead atoms. The number of amides is 1. The van der Waals surface area contributed by atoms with E-state index in [9.17, 15) is 10.1 Å². The monoisotopic (exact) mass is 311 g/mol. The lowest BCUT2D eigenvalue weighted by molar-refractivity contribution is -0.118. The number of nitriles is 1. The number of carbonyl (C=O) groups excluding carboxylic acids is 1. The maximum absolute atomic E-state index is 12.3. The Labute approximate surface area is 138 Å². The van der Waals surface area contributed by atoms with Crippen LogP contribution in [0.15, 0.2) is 42.1 Å². The third-order valence-corrected chi connectivity index (χ3v) is 4.25. The zero-order valence-electron chi connectivity index (χ0n) is 13.8. The van der Waals surface area contributed by atoms with Gasteiger partial charge in [-0.15, -0.1) is 0 Å². The molecular weight excluding hydrogens is 286 g/mol. The van der Waals surface area contributed by atoms with E-state index in [1.807, 2.05) is 48.2 Å². The second-order valence-electron chi connectivity index (χ2n) is 6.01. The minimum atomic E-state index is -0.245. The van der Waals surface area contributed by atoms with Crippen LogP contribution in [0, 0.1) is 11.3 Å². The summed E-state index contributed by atoms with van der Waals surface area (Å²) in [7, 11) is 0. The summed E-state index contributed by atoms with van der Waals surface area (Å²) in [5.41, 5.74) is 1.35. The van der Waals surface area contributed by atoms with Crippen molar-refractivity contribution in [2.75, 3.05) is 6.54 Å². The predicted molar refractivity (Wildman–Crippen MR) is 91.2 cm³/mol. The first-order chi connectivity index (χ1) is 11.2. The van der Waals surface area contributed by atoms with E-state index in [2.05, 4.69) is 5.32 Å². The van der Waals surface area contributed by atoms with Gasteiger partial charge in [-0.2, -0.15) is 5.26 Å². The third-order valence-electron chi connectivity index (χ3n) is 4.25. The Kier molecular flexibility index (Phi) is 6.68. The zero-order valence-corrected chi connectivity index (χ0v) is 13.8. The highest BCUT2D eigenvalue weighted by Crippen LogP contribution is 2.17. The topological polar surface area (TPSA) is 56.1 Å². The summed E-state index contributed by atoms with van der Waals surface area (Å²) < 4.78 is 0. The Bertz CT molecular complexity index is 568. The summed E-state index contributed by atoms with van der Waals surface area (Å²) in [6, 6.07) is 12.3. The van der Waals surface area contributed by atoms with Crippen LogP contribution >= 0.6 is 0 Å². The summed E-state index contributed by atoms with van der Waals surface area (Å²) >= 11 is 0. The highest BCUT2D eigenvalue weighted by atomic mass is 16.1. The molecule has 1 aromatic rings. The van der Waals surface area contributed by atoms with Gasteiger partial charge in [0, 0.05) is 25.3 Å². The van der Waals surface area contributed by atoms with Crippen LogP contribution in [-0.4, -0.2) is 23.4 Å². The van der Waals surface area contributed by atoms with Gasteiger partial charge in [-0.25, -0.2) is 0 Å². The lowest BCUT2D eigenvalue weighted by Crippen LogP contribution is -2.37. The van der Waals surface area contributed by atoms with Crippen LogP contribution in [0.2, 0.25) is 0 Å². The van der Waals surface area contributed by atoms with Crippen molar-refractivity contribution in [3.8, 4) is 6.07 Å². The maximum Gasteiger partial charge on any atom is 0.263 e. The SMILES string of the molecule is CCN(/C=C(/C#N)C(=O)NC1CCCCC1)Cc1ccccc1. The summed E-state index contributed by atoms with van der Waals surface area (Å²) in [5.74, 6) is -0.245. The molecule has 1 saturated carbocycles. The van der Waals surface area contributed by atoms with E-state index in [0.717, 1.165) is 37.8 Å². The molecule has 0 aliphatic heterocycles. The van der Waals surface area contributed by atoms with Crippen molar-refractivity contribution in [1.82, 2.24) is 10.2 Å². The number of nitrogens with zero attached hydrogens (tertiary/aromatic N) is 2. The number of benzene rings is 1. The molecule has 23 heavy (non-hydrogen) atoms. The number of nitrogens with one attached hydrogen (secondary N) is 1. The largest absolute Gasteiger partial charge is 0.372 e. The van der Waals surface area contributed by atoms with Crippen LogP contribution in [0.1, 0.15) is 44.6 Å². The smallest absolute Gasteiger partial charge is 0.263 e. The molecule has 0 atom stereocenters. The van der Waals surface area contributed by atoms with E-state index in [1.165, 1.54) is 6.42 Å². The minimum Gasteiger partial charge on any atom is -0.372 e. The third kappa shape index (κ3) is 5.45. The van der Waals surface area contributed by atoms with E-state index >= 15 is 0 Å². The van der Waals surface area contributed by atoms with Crippen LogP contribution in [0.3, 0.4) is 0 Å². The molecule has 0 aromatic heterocycles. The van der Waals surface area contributed by atoms with E-state index in [1.54, 1.807) is 6.20 Å². The Morgan fingerprint density at radius 1 is 1.30 bits per heavy atom. The Balaban J connectivity index is 2.00. The average molecular weight is 311 g/mol. The van der Waals surface area contributed by atoms with Gasteiger partial charge in [0.15, 0.2) is 0 Å². The van der Waals surface area contributed by atoms with E-state index in [4.69, 9.17) is 0 Å². The van der Waals surface area contributed by atoms with Gasteiger partial charge in [-0.05, 0) is 25.3 Å². The van der Waals surface area contributed by atoms with Gasteiger partial charge in [0.05, 0.1) is 0 Å². The zero-order chi connectivity index (χ0) is 16.5. The average Bonchev–Trinajstić information content (AvgIpc) is 2.60. The molecule has 122 valence electrons. The van der Waals surface area contributed by atoms with Crippen molar-refractivity contribution in [3.63, 3.8) is 0 Å². The number of rotatable bonds is 6. The lowest BCUT2D eigenvalue weighted by atomic mass is 9.95. The summed E-state index contributed by atoms with van der Waals surface area (Å²) in [6.07, 6.45) is 7.29. The normalized spacial score (nSPS) is 15.7. The molecule has 1 aliphatic carbocycles. The molecule has 4 nitrogen and oxygen atoms in total. The highest BCUT2D eigenvalue weighted by molar-refractivity contribution is 5.97. The van der Waals surface area contributed by atoms with Gasteiger partial charge >= 0.3 is 0 Å². The minimum absolute atomic E-state index is 0.188. The Morgan fingerprint density at radius 3 is 2.61 bits per heavy atom. The second kappa shape index (κ2) is 8.99. The molecule has 0 heterocycles. The molecule has 0 saturated heterocycles. The molecule has 2 rings (SSSR count). The van der Waals surface area contributed by atoms with Crippen molar-refractivity contribution in [2.45, 2.75) is 51.6 Å². The van der Waals surface area contributed by atoms with Gasteiger partial charge in [-0.3, -0.25) is 4.79 Å². The van der Waals surface area contributed by atoms with E-state index in [0.29, 0.717) is 6.54 Å². The van der Waals surface area contributed by atoms with Gasteiger partial charge in [0.2, 0.25) is 0 Å². The molecule has 1 aromatic carbocycles. The molecule has 1 amide bonds. The number of hydrogen-bond donors (Lipinski definition) is 1. The molecule has 1 N–H and O–H groups in total. The molecule has 1 aliphatic rings. The van der Waals surface area contributed by atoms with Crippen molar-refractivity contribution in [3.05, 3.63) is 47.7 Å². The van der Waals surface area contributed by atoms with Gasteiger partial charge in [0.1, 0.15) is 11.6 Å². The molecular formula is C19H25N3O. The van der Waals surface area contributed by atoms with Crippen LogP contribution < -0.4 is 5.32 Å². The predicted octanol–water partition coefficient (Wildman–Crippen LogP) is 3.36. The number of carbonyl (C=O) groups is 1. The summed E-state index contributed by atoms with van der Waals surface area (Å²) in [4.78, 5) is 14.3. The summed E-state index contributed by atoms with van der Waals surface area (Å²) in [5, 5.41) is 12.3. The molecule has 0 spiro atoms. The molecule has 4 heteroatoms. The fraction of sp³-hybridized carbons (Fsp3) is 0.474. The quantitative estimate of drug-likeness (QED) is 0.647. The first kappa shape index (κ1) is 17.1. The van der Waals surface area contributed by atoms with Crippen LogP contribution in [0.25, 0.3) is 0 Å². The van der Waals surface area contributed by atoms with Gasteiger partial charge in [-0.1, -0.05) is 49.6 Å². The van der Waals surface area contributed by atoms with Crippen molar-refractivity contribution < 1.29 is 4.79 Å². The first-order valence-electron chi connectivity index (χ1n) is 8.43. The van der Waals surface area contributed by atoms with Crippen molar-refractivity contribution in [1.29, 1.82) is 5.26 Å². The van der Waals surface area contributed by atoms with Crippen LogP contribution in [0.4, 0.5) is 0 Å². The second-order valence-corrected chi connectivity index (χ2v) is 6.01. The van der Waals surface area contributed by atoms with Crippen molar-refractivity contribution >= 4 is 5.91 Å². The summed E-state index contributed by atoms with van der Waals surface area (Å²) in [6.45, 7) is 3.46. The lowest BCUT2D eigenvalue weighted by Gasteiger charge is -2.23. The van der Waals surface area contributed by atoms with Gasteiger partial charge in [0.25, 0.3) is 5.91 Å². The van der Waals surface area contributed by atoms with Gasteiger partial charge < -0.3 is 10.2 Å². The maximum atomic E-state index is 12.3. The standard InChI is InChI=1S/C19H25N3O/c1-2-22(14-16-9-5-3-6-10-16)15-17(13-20)19(23)21-18-11-7-4-8-12-18/h3,5-6,9-10,15,18H,2,4,7-8,11-12,14H2,1H3,(H,21,23)/b17-15-. The molecule has 1 fully saturated rings. The first-order valence-corrected chi connectivity index (χ1v) is 8.43. The fourth-order valence-corrected chi connectivity index (χ4v) is 2.90. The Morgan fingerprint density at radius 2 is 2.00 bits per heavy atom. The van der Waals surface area contributed by atoms with E-state index < -0.39 is 0 Å². The van der Waals surface area contributed by atoms with Crippen LogP contribution in [-0.2, 0) is 11.3 Å². The highest BCUT2D eigenvalue weighted by Gasteiger charge is 2.18. The van der Waals surface area contributed by atoms with Crippen LogP contribution in [0.5, 0.6) is 0 Å². The molecule has 0 radical (unpaired) electrons. The fourth-order valence-electron chi connectivity index (χ4n) is 2.90. The van der Waals surface area contributed by atoms with E-state index in [-0.39, 0.29) is 17.5 Å². The van der Waals surface area contributed by atoms with Crippen molar-refractivity contribution in [2.24, 2.45) is 0 Å². The molecule has 0 unspecified atom stereocenters. The Hall–Kier alpha value is -2.28.